The van der Waals surface area contributed by atoms with E-state index in [1.54, 1.807) is 0 Å². The molecule has 0 fully saturated rings. The summed E-state index contributed by atoms with van der Waals surface area (Å²) in [6.45, 7) is 6.10. The van der Waals surface area contributed by atoms with Gasteiger partial charge in [0.15, 0.2) is 0 Å². The lowest BCUT2D eigenvalue weighted by molar-refractivity contribution is 0.158. The van der Waals surface area contributed by atoms with E-state index in [1.807, 2.05) is 37.3 Å². The fourth-order valence-electron chi connectivity index (χ4n) is 3.47. The molecule has 2 heterocycles. The molecule has 1 aliphatic heterocycles. The van der Waals surface area contributed by atoms with Crippen LogP contribution in [0.4, 0.5) is 0 Å². The molecule has 0 radical (unpaired) electrons. The van der Waals surface area contributed by atoms with Crippen LogP contribution in [0.3, 0.4) is 0 Å². The molecule has 4 rings (SSSR count). The third-order valence-corrected chi connectivity index (χ3v) is 5.05. The predicted molar refractivity (Wildman–Crippen MR) is 100 cm³/mol. The summed E-state index contributed by atoms with van der Waals surface area (Å²) in [7, 11) is 0. The Bertz CT molecular complexity index is 1040. The van der Waals surface area contributed by atoms with Crippen LogP contribution in [0, 0.1) is 6.92 Å². The lowest BCUT2D eigenvalue weighted by atomic mass is 9.89. The zero-order valence-corrected chi connectivity index (χ0v) is 14.6. The molecule has 0 bridgehead atoms. The molecule has 3 nitrogen and oxygen atoms in total. The first-order valence-electron chi connectivity index (χ1n) is 8.45. The second kappa shape index (κ2) is 5.62. The van der Waals surface area contributed by atoms with Crippen molar-refractivity contribution in [3.8, 4) is 5.75 Å². The topological polar surface area (TPSA) is 39.4 Å². The summed E-state index contributed by atoms with van der Waals surface area (Å²) < 4.78 is 11.8. The number of hydrogen-bond acceptors (Lipinski definition) is 3. The number of aryl methyl sites for hydroxylation is 1. The van der Waals surface area contributed by atoms with E-state index >= 15 is 0 Å². The summed E-state index contributed by atoms with van der Waals surface area (Å²) in [5.74, 6) is 0.796. The molecule has 1 atom stereocenters. The number of ether oxygens (including phenoxy) is 1. The van der Waals surface area contributed by atoms with Gasteiger partial charge in [0.2, 0.25) is 0 Å². The number of hydrogen-bond donors (Lipinski definition) is 0. The van der Waals surface area contributed by atoms with Gasteiger partial charge in [-0.25, -0.2) is 4.79 Å². The quantitative estimate of drug-likeness (QED) is 0.627. The van der Waals surface area contributed by atoms with Crippen molar-refractivity contribution in [3.63, 3.8) is 0 Å². The van der Waals surface area contributed by atoms with E-state index in [0.717, 1.165) is 33.4 Å². The van der Waals surface area contributed by atoms with Crippen molar-refractivity contribution >= 4 is 17.0 Å². The monoisotopic (exact) mass is 332 g/mol. The van der Waals surface area contributed by atoms with Gasteiger partial charge >= 0.3 is 5.63 Å². The van der Waals surface area contributed by atoms with Crippen LogP contribution in [-0.4, -0.2) is 5.60 Å². The number of rotatable bonds is 2. The van der Waals surface area contributed by atoms with Gasteiger partial charge < -0.3 is 9.15 Å². The number of fused-ring (bicyclic) bond motifs is 3. The van der Waals surface area contributed by atoms with Crippen LogP contribution >= 0.6 is 0 Å². The Hall–Kier alpha value is -2.81. The fraction of sp³-hybridized carbons (Fsp3) is 0.227. The van der Waals surface area contributed by atoms with E-state index in [-0.39, 0.29) is 5.63 Å². The van der Waals surface area contributed by atoms with Crippen LogP contribution in [0.25, 0.3) is 17.0 Å². The van der Waals surface area contributed by atoms with Gasteiger partial charge in [-0.05, 0) is 49.6 Å². The molecule has 1 aromatic heterocycles. The highest BCUT2D eigenvalue weighted by molar-refractivity contribution is 5.85. The Morgan fingerprint density at radius 3 is 2.68 bits per heavy atom. The molecule has 0 saturated carbocycles. The smallest absolute Gasteiger partial charge is 0.336 e. The van der Waals surface area contributed by atoms with Gasteiger partial charge in [-0.1, -0.05) is 36.4 Å². The third kappa shape index (κ3) is 2.66. The highest BCUT2D eigenvalue weighted by Crippen LogP contribution is 2.43. The standard InChI is InChI=1S/C22H20O3/c1-14-11-20(23)24-21-17(14)9-10-19-18(21)13-22(3,25-19)15(2)12-16-7-5-4-6-8-16/h4-12H,13H2,1-3H3/b15-12+/t22-/m1/s1. The van der Waals surface area contributed by atoms with Crippen LogP contribution in [0.15, 0.2) is 63.3 Å². The molecule has 0 amide bonds. The molecule has 25 heavy (non-hydrogen) atoms. The molecule has 0 aliphatic carbocycles. The third-order valence-electron chi connectivity index (χ3n) is 5.05. The zero-order valence-electron chi connectivity index (χ0n) is 14.6. The average Bonchev–Trinajstić information content (AvgIpc) is 2.94. The van der Waals surface area contributed by atoms with Crippen molar-refractivity contribution in [2.75, 3.05) is 0 Å². The van der Waals surface area contributed by atoms with E-state index in [1.165, 1.54) is 6.07 Å². The predicted octanol–water partition coefficient (Wildman–Crippen LogP) is 4.90. The molecule has 3 aromatic rings. The van der Waals surface area contributed by atoms with Gasteiger partial charge in [0.1, 0.15) is 16.9 Å². The van der Waals surface area contributed by atoms with Crippen molar-refractivity contribution in [1.29, 1.82) is 0 Å². The first-order chi connectivity index (χ1) is 12.0. The Balaban J connectivity index is 1.79. The summed E-state index contributed by atoms with van der Waals surface area (Å²) in [4.78, 5) is 11.8. The highest BCUT2D eigenvalue weighted by Gasteiger charge is 2.38. The van der Waals surface area contributed by atoms with Crippen LogP contribution in [-0.2, 0) is 6.42 Å². The molecular formula is C22H20O3. The van der Waals surface area contributed by atoms with E-state index in [4.69, 9.17) is 9.15 Å². The highest BCUT2D eigenvalue weighted by atomic mass is 16.5. The van der Waals surface area contributed by atoms with Crippen molar-refractivity contribution in [2.24, 2.45) is 0 Å². The van der Waals surface area contributed by atoms with Gasteiger partial charge in [0.05, 0.1) is 0 Å². The second-order valence-electron chi connectivity index (χ2n) is 6.92. The minimum absolute atomic E-state index is 0.316. The number of benzene rings is 2. The first kappa shape index (κ1) is 15.7. The van der Waals surface area contributed by atoms with Crippen LogP contribution in [0.1, 0.15) is 30.5 Å². The van der Waals surface area contributed by atoms with Crippen LogP contribution in [0.2, 0.25) is 0 Å². The maximum Gasteiger partial charge on any atom is 0.336 e. The van der Waals surface area contributed by atoms with E-state index < -0.39 is 5.60 Å². The summed E-state index contributed by atoms with van der Waals surface area (Å²) in [6, 6.07) is 15.7. The van der Waals surface area contributed by atoms with E-state index in [0.29, 0.717) is 12.0 Å². The lowest BCUT2D eigenvalue weighted by Crippen LogP contribution is -2.31. The average molecular weight is 332 g/mol. The molecule has 0 spiro atoms. The van der Waals surface area contributed by atoms with Gasteiger partial charge in [-0.15, -0.1) is 0 Å². The zero-order chi connectivity index (χ0) is 17.6. The summed E-state index contributed by atoms with van der Waals surface area (Å²) in [5, 5.41) is 0.968. The second-order valence-corrected chi connectivity index (χ2v) is 6.92. The first-order valence-corrected chi connectivity index (χ1v) is 8.45. The lowest BCUT2D eigenvalue weighted by Gasteiger charge is -2.25. The summed E-state index contributed by atoms with van der Waals surface area (Å²) in [6.07, 6.45) is 2.83. The summed E-state index contributed by atoms with van der Waals surface area (Å²) in [5.41, 5.74) is 4.07. The normalized spacial score (nSPS) is 19.7. The molecular weight excluding hydrogens is 312 g/mol. The Morgan fingerprint density at radius 1 is 1.16 bits per heavy atom. The van der Waals surface area contributed by atoms with Crippen molar-refractivity contribution in [1.82, 2.24) is 0 Å². The SMILES string of the molecule is C/C(=C\c1ccccc1)[C@@]1(C)Cc2c(ccc3c(C)cc(=O)oc23)O1. The van der Waals surface area contributed by atoms with Crippen molar-refractivity contribution in [2.45, 2.75) is 32.8 Å². The largest absolute Gasteiger partial charge is 0.482 e. The molecule has 2 aromatic carbocycles. The minimum Gasteiger partial charge on any atom is -0.482 e. The summed E-state index contributed by atoms with van der Waals surface area (Å²) >= 11 is 0. The Labute approximate surface area is 146 Å². The van der Waals surface area contributed by atoms with Crippen LogP contribution in [0.5, 0.6) is 5.75 Å². The van der Waals surface area contributed by atoms with E-state index in [9.17, 15) is 4.79 Å². The molecule has 0 unspecified atom stereocenters. The fourth-order valence-corrected chi connectivity index (χ4v) is 3.47. The maximum atomic E-state index is 11.8. The molecule has 126 valence electrons. The molecule has 3 heteroatoms. The van der Waals surface area contributed by atoms with Crippen LogP contribution < -0.4 is 10.4 Å². The van der Waals surface area contributed by atoms with Gasteiger partial charge in [-0.2, -0.15) is 0 Å². The molecule has 0 N–H and O–H groups in total. The van der Waals surface area contributed by atoms with Gasteiger partial charge in [-0.3, -0.25) is 0 Å². The Morgan fingerprint density at radius 2 is 1.92 bits per heavy atom. The van der Waals surface area contributed by atoms with Crippen molar-refractivity contribution in [3.05, 3.63) is 81.2 Å². The van der Waals surface area contributed by atoms with Crippen molar-refractivity contribution < 1.29 is 9.15 Å². The van der Waals surface area contributed by atoms with Gasteiger partial charge in [0.25, 0.3) is 0 Å². The molecule has 1 aliphatic rings. The maximum absolute atomic E-state index is 11.8. The van der Waals surface area contributed by atoms with Gasteiger partial charge in [0, 0.05) is 23.4 Å². The van der Waals surface area contributed by atoms with E-state index in [2.05, 4.69) is 32.1 Å². The minimum atomic E-state index is -0.450. The Kier molecular flexibility index (Phi) is 3.53. The molecule has 0 saturated heterocycles.